The number of hydrogen-bond donors (Lipinski definition) is 1. The number of nitrogens with zero attached hydrogens (tertiary/aromatic N) is 3. The quantitative estimate of drug-likeness (QED) is 0.788. The third-order valence-electron chi connectivity index (χ3n) is 3.21. The van der Waals surface area contributed by atoms with Gasteiger partial charge in [0.05, 0.1) is 17.6 Å². The summed E-state index contributed by atoms with van der Waals surface area (Å²) in [4.78, 5) is 4.49. The van der Waals surface area contributed by atoms with Crippen molar-refractivity contribution in [3.8, 4) is 11.3 Å². The van der Waals surface area contributed by atoms with Crippen LogP contribution in [0.5, 0.6) is 0 Å². The van der Waals surface area contributed by atoms with Gasteiger partial charge in [-0.1, -0.05) is 55.8 Å². The Labute approximate surface area is 128 Å². The van der Waals surface area contributed by atoms with Gasteiger partial charge in [0.1, 0.15) is 0 Å². The van der Waals surface area contributed by atoms with Crippen LogP contribution < -0.4 is 5.32 Å². The number of nitrogens with one attached hydrogen (secondary N) is 1. The van der Waals surface area contributed by atoms with Crippen LogP contribution in [-0.2, 0) is 0 Å². The third-order valence-corrected chi connectivity index (χ3v) is 3.39. The predicted octanol–water partition coefficient (Wildman–Crippen LogP) is 4.12. The Morgan fingerprint density at radius 3 is 2.71 bits per heavy atom. The second-order valence-corrected chi connectivity index (χ2v) is 5.79. The lowest BCUT2D eigenvalue weighted by molar-refractivity contribution is 0.688. The summed E-state index contributed by atoms with van der Waals surface area (Å²) >= 11 is 6.16. The summed E-state index contributed by atoms with van der Waals surface area (Å²) < 4.78 is 1.79. The summed E-state index contributed by atoms with van der Waals surface area (Å²) in [5, 5.41) is 8.21. The second kappa shape index (κ2) is 5.74. The Balaban J connectivity index is 2.10. The van der Waals surface area contributed by atoms with Gasteiger partial charge in [-0.3, -0.25) is 0 Å². The van der Waals surface area contributed by atoms with E-state index in [9.17, 15) is 0 Å². The number of rotatable bonds is 4. The number of imidazole rings is 1. The van der Waals surface area contributed by atoms with Crippen molar-refractivity contribution in [2.24, 2.45) is 5.92 Å². The molecule has 0 atom stereocenters. The van der Waals surface area contributed by atoms with E-state index in [1.807, 2.05) is 42.6 Å². The van der Waals surface area contributed by atoms with Gasteiger partial charge in [0.25, 0.3) is 0 Å². The maximum absolute atomic E-state index is 6.16. The van der Waals surface area contributed by atoms with Crippen molar-refractivity contribution in [3.63, 3.8) is 0 Å². The highest BCUT2D eigenvalue weighted by molar-refractivity contribution is 6.29. The smallest absolute Gasteiger partial charge is 0.177 e. The SMILES string of the molecule is CC(C)CNc1cc(Cl)nn2c(-c3ccccc3)cnc12. The first kappa shape index (κ1) is 13.9. The third kappa shape index (κ3) is 2.85. The average molecular weight is 301 g/mol. The maximum Gasteiger partial charge on any atom is 0.177 e. The van der Waals surface area contributed by atoms with Crippen molar-refractivity contribution in [2.75, 3.05) is 11.9 Å². The minimum atomic E-state index is 0.448. The second-order valence-electron chi connectivity index (χ2n) is 5.40. The zero-order valence-corrected chi connectivity index (χ0v) is 12.8. The van der Waals surface area contributed by atoms with E-state index >= 15 is 0 Å². The van der Waals surface area contributed by atoms with Crippen LogP contribution in [0.1, 0.15) is 13.8 Å². The first-order valence-corrected chi connectivity index (χ1v) is 7.36. The lowest BCUT2D eigenvalue weighted by Gasteiger charge is -2.10. The predicted molar refractivity (Wildman–Crippen MR) is 86.8 cm³/mol. The summed E-state index contributed by atoms with van der Waals surface area (Å²) in [6.45, 7) is 5.19. The molecule has 0 saturated heterocycles. The molecule has 0 spiro atoms. The molecule has 0 aliphatic heterocycles. The summed E-state index contributed by atoms with van der Waals surface area (Å²) in [6.07, 6.45) is 1.83. The standard InChI is InChI=1S/C16H17ClN4/c1-11(2)9-18-13-8-15(17)20-21-14(10-19-16(13)21)12-6-4-3-5-7-12/h3-8,10-11,18H,9H2,1-2H3. The lowest BCUT2D eigenvalue weighted by Crippen LogP contribution is -2.10. The molecule has 2 aromatic heterocycles. The minimum Gasteiger partial charge on any atom is -0.382 e. The van der Waals surface area contributed by atoms with Gasteiger partial charge < -0.3 is 5.32 Å². The normalized spacial score (nSPS) is 11.2. The van der Waals surface area contributed by atoms with Crippen molar-refractivity contribution >= 4 is 22.9 Å². The number of fused-ring (bicyclic) bond motifs is 1. The summed E-state index contributed by atoms with van der Waals surface area (Å²) in [5.74, 6) is 0.542. The highest BCUT2D eigenvalue weighted by Crippen LogP contribution is 2.25. The molecule has 108 valence electrons. The molecule has 3 aromatic rings. The molecule has 0 saturated carbocycles. The number of halogens is 1. The zero-order valence-electron chi connectivity index (χ0n) is 12.0. The lowest BCUT2D eigenvalue weighted by atomic mass is 10.2. The molecule has 3 rings (SSSR count). The molecule has 0 bridgehead atoms. The van der Waals surface area contributed by atoms with Gasteiger partial charge >= 0.3 is 0 Å². The first-order valence-electron chi connectivity index (χ1n) is 6.98. The van der Waals surface area contributed by atoms with Gasteiger partial charge in [0.15, 0.2) is 10.8 Å². The average Bonchev–Trinajstić information content (AvgIpc) is 2.89. The van der Waals surface area contributed by atoms with Crippen LogP contribution in [0.25, 0.3) is 16.9 Å². The highest BCUT2D eigenvalue weighted by Gasteiger charge is 2.12. The Kier molecular flexibility index (Phi) is 3.80. The molecule has 4 nitrogen and oxygen atoms in total. The number of anilines is 1. The van der Waals surface area contributed by atoms with Gasteiger partial charge in [0.2, 0.25) is 0 Å². The Bertz CT molecular complexity index is 750. The fourth-order valence-corrected chi connectivity index (χ4v) is 2.37. The van der Waals surface area contributed by atoms with Gasteiger partial charge in [-0.15, -0.1) is 0 Å². The molecule has 0 aliphatic carbocycles. The van der Waals surface area contributed by atoms with Gasteiger partial charge in [0, 0.05) is 18.2 Å². The monoisotopic (exact) mass is 300 g/mol. The van der Waals surface area contributed by atoms with E-state index < -0.39 is 0 Å². The van der Waals surface area contributed by atoms with Crippen molar-refractivity contribution in [2.45, 2.75) is 13.8 Å². The van der Waals surface area contributed by atoms with Crippen LogP contribution in [-0.4, -0.2) is 21.1 Å². The van der Waals surface area contributed by atoms with E-state index in [2.05, 4.69) is 29.2 Å². The highest BCUT2D eigenvalue weighted by atomic mass is 35.5. The van der Waals surface area contributed by atoms with Crippen molar-refractivity contribution in [3.05, 3.63) is 47.7 Å². The molecule has 1 N–H and O–H groups in total. The van der Waals surface area contributed by atoms with Crippen LogP contribution in [0, 0.1) is 5.92 Å². The molecule has 0 aliphatic rings. The zero-order chi connectivity index (χ0) is 14.8. The first-order chi connectivity index (χ1) is 10.1. The molecular weight excluding hydrogens is 284 g/mol. The van der Waals surface area contributed by atoms with E-state index in [0.717, 1.165) is 29.1 Å². The Morgan fingerprint density at radius 2 is 2.00 bits per heavy atom. The topological polar surface area (TPSA) is 42.2 Å². The Morgan fingerprint density at radius 1 is 1.24 bits per heavy atom. The van der Waals surface area contributed by atoms with E-state index in [1.165, 1.54) is 0 Å². The summed E-state index contributed by atoms with van der Waals surface area (Å²) in [6, 6.07) is 11.9. The van der Waals surface area contributed by atoms with Gasteiger partial charge in [-0.05, 0) is 5.92 Å². The van der Waals surface area contributed by atoms with Crippen LogP contribution in [0.4, 0.5) is 5.69 Å². The molecular formula is C16H17ClN4. The molecule has 0 unspecified atom stereocenters. The fraction of sp³-hybridized carbons (Fsp3) is 0.250. The van der Waals surface area contributed by atoms with E-state index in [1.54, 1.807) is 4.52 Å². The van der Waals surface area contributed by atoms with E-state index in [4.69, 9.17) is 11.6 Å². The van der Waals surface area contributed by atoms with Crippen molar-refractivity contribution in [1.29, 1.82) is 0 Å². The van der Waals surface area contributed by atoms with Crippen LogP contribution >= 0.6 is 11.6 Å². The van der Waals surface area contributed by atoms with Crippen molar-refractivity contribution < 1.29 is 0 Å². The maximum atomic E-state index is 6.16. The molecule has 0 radical (unpaired) electrons. The molecule has 5 heteroatoms. The largest absolute Gasteiger partial charge is 0.382 e. The minimum absolute atomic E-state index is 0.448. The van der Waals surface area contributed by atoms with Crippen LogP contribution in [0.3, 0.4) is 0 Å². The molecule has 21 heavy (non-hydrogen) atoms. The number of benzene rings is 1. The van der Waals surface area contributed by atoms with E-state index in [0.29, 0.717) is 11.1 Å². The van der Waals surface area contributed by atoms with Crippen LogP contribution in [0.2, 0.25) is 5.15 Å². The fourth-order valence-electron chi connectivity index (χ4n) is 2.19. The number of aromatic nitrogens is 3. The molecule has 0 fully saturated rings. The van der Waals surface area contributed by atoms with Crippen molar-refractivity contribution in [1.82, 2.24) is 14.6 Å². The van der Waals surface area contributed by atoms with E-state index in [-0.39, 0.29) is 0 Å². The molecule has 2 heterocycles. The summed E-state index contributed by atoms with van der Waals surface area (Å²) in [5.41, 5.74) is 3.69. The molecule has 1 aromatic carbocycles. The van der Waals surface area contributed by atoms with Gasteiger partial charge in [-0.2, -0.15) is 5.10 Å². The van der Waals surface area contributed by atoms with Crippen LogP contribution in [0.15, 0.2) is 42.6 Å². The Hall–Kier alpha value is -2.07. The van der Waals surface area contributed by atoms with Gasteiger partial charge in [-0.25, -0.2) is 9.50 Å². The molecule has 0 amide bonds. The number of hydrogen-bond acceptors (Lipinski definition) is 3. The summed E-state index contributed by atoms with van der Waals surface area (Å²) in [7, 11) is 0.